The fourth-order valence-corrected chi connectivity index (χ4v) is 2.17. The Morgan fingerprint density at radius 1 is 1.33 bits per heavy atom. The predicted molar refractivity (Wildman–Crippen MR) is 80.3 cm³/mol. The van der Waals surface area contributed by atoms with Crippen LogP contribution in [0.2, 0.25) is 0 Å². The van der Waals surface area contributed by atoms with E-state index in [1.54, 1.807) is 24.3 Å². The molecule has 2 N–H and O–H groups in total. The fourth-order valence-electron chi connectivity index (χ4n) is 2.17. The second kappa shape index (κ2) is 6.54. The first-order valence-electron chi connectivity index (χ1n) is 6.97. The number of hydrogen-bond donors (Lipinski definition) is 2. The zero-order chi connectivity index (χ0) is 15.4. The predicted octanol–water partition coefficient (Wildman–Crippen LogP) is 1.93. The van der Waals surface area contributed by atoms with Crippen LogP contribution in [0, 0.1) is 5.92 Å². The van der Waals surface area contributed by atoms with Gasteiger partial charge in [-0.05, 0) is 24.5 Å². The Bertz CT molecular complexity index is 690. The Morgan fingerprint density at radius 2 is 2.05 bits per heavy atom. The van der Waals surface area contributed by atoms with Gasteiger partial charge in [-0.2, -0.15) is 0 Å². The van der Waals surface area contributed by atoms with Crippen LogP contribution in [0.25, 0.3) is 11.0 Å². The molecular formula is C16H19NO4. The van der Waals surface area contributed by atoms with Crippen LogP contribution in [0.5, 0.6) is 0 Å². The minimum atomic E-state index is -0.440. The lowest BCUT2D eigenvalue weighted by molar-refractivity contribution is 0.0889. The van der Waals surface area contributed by atoms with Crippen molar-refractivity contribution in [1.29, 1.82) is 0 Å². The SMILES string of the molecule is CC(C)C(CCO)NC(=O)c1cc(=O)c2ccccc2o1. The smallest absolute Gasteiger partial charge is 0.287 e. The van der Waals surface area contributed by atoms with Gasteiger partial charge in [0.15, 0.2) is 11.2 Å². The molecule has 0 saturated carbocycles. The molecule has 0 aliphatic rings. The molecule has 2 aromatic rings. The van der Waals surface area contributed by atoms with Gasteiger partial charge in [0.05, 0.1) is 5.39 Å². The van der Waals surface area contributed by atoms with Crippen molar-refractivity contribution in [2.24, 2.45) is 5.92 Å². The Morgan fingerprint density at radius 3 is 2.71 bits per heavy atom. The van der Waals surface area contributed by atoms with E-state index in [9.17, 15) is 9.59 Å². The molecule has 0 spiro atoms. The molecule has 5 nitrogen and oxygen atoms in total. The third kappa shape index (κ3) is 3.49. The van der Waals surface area contributed by atoms with Crippen molar-refractivity contribution < 1.29 is 14.3 Å². The molecule has 0 aliphatic carbocycles. The third-order valence-electron chi connectivity index (χ3n) is 3.42. The number of para-hydroxylation sites is 1. The van der Waals surface area contributed by atoms with E-state index < -0.39 is 5.91 Å². The summed E-state index contributed by atoms with van der Waals surface area (Å²) in [7, 11) is 0. The highest BCUT2D eigenvalue weighted by atomic mass is 16.3. The van der Waals surface area contributed by atoms with Gasteiger partial charge >= 0.3 is 0 Å². The van der Waals surface area contributed by atoms with E-state index in [-0.39, 0.29) is 29.8 Å². The van der Waals surface area contributed by atoms with Crippen molar-refractivity contribution >= 4 is 16.9 Å². The highest BCUT2D eigenvalue weighted by Crippen LogP contribution is 2.13. The number of benzene rings is 1. The minimum absolute atomic E-state index is 0.00913. The molecule has 1 amide bonds. The molecule has 1 aromatic heterocycles. The minimum Gasteiger partial charge on any atom is -0.451 e. The lowest BCUT2D eigenvalue weighted by Gasteiger charge is -2.21. The van der Waals surface area contributed by atoms with E-state index in [0.29, 0.717) is 17.4 Å². The zero-order valence-electron chi connectivity index (χ0n) is 12.1. The van der Waals surface area contributed by atoms with E-state index >= 15 is 0 Å². The first-order chi connectivity index (χ1) is 10.0. The summed E-state index contributed by atoms with van der Waals surface area (Å²) >= 11 is 0. The van der Waals surface area contributed by atoms with Crippen molar-refractivity contribution in [2.45, 2.75) is 26.3 Å². The average Bonchev–Trinajstić information content (AvgIpc) is 2.46. The summed E-state index contributed by atoms with van der Waals surface area (Å²) in [6, 6.07) is 7.84. The van der Waals surface area contributed by atoms with Crippen molar-refractivity contribution in [3.8, 4) is 0 Å². The van der Waals surface area contributed by atoms with Crippen molar-refractivity contribution in [2.75, 3.05) is 6.61 Å². The first kappa shape index (κ1) is 15.3. The normalized spacial score (nSPS) is 12.6. The summed E-state index contributed by atoms with van der Waals surface area (Å²) in [5.41, 5.74) is 0.142. The van der Waals surface area contributed by atoms with Crippen LogP contribution in [0.3, 0.4) is 0 Å². The molecule has 2 rings (SSSR count). The maximum absolute atomic E-state index is 12.2. The van der Waals surface area contributed by atoms with E-state index in [2.05, 4.69) is 5.32 Å². The number of aliphatic hydroxyl groups is 1. The van der Waals surface area contributed by atoms with E-state index in [1.807, 2.05) is 13.8 Å². The van der Waals surface area contributed by atoms with Gasteiger partial charge in [-0.25, -0.2) is 0 Å². The standard InChI is InChI=1S/C16H19NO4/c1-10(2)12(7-8-18)17-16(20)15-9-13(19)11-5-3-4-6-14(11)21-15/h3-6,9-10,12,18H,7-8H2,1-2H3,(H,17,20). The molecular weight excluding hydrogens is 270 g/mol. The maximum Gasteiger partial charge on any atom is 0.287 e. The summed E-state index contributed by atoms with van der Waals surface area (Å²) in [4.78, 5) is 24.2. The Balaban J connectivity index is 2.29. The molecule has 0 saturated heterocycles. The number of aliphatic hydroxyl groups excluding tert-OH is 1. The lowest BCUT2D eigenvalue weighted by Crippen LogP contribution is -2.39. The van der Waals surface area contributed by atoms with Gasteiger partial charge in [0, 0.05) is 18.7 Å². The van der Waals surface area contributed by atoms with Gasteiger partial charge < -0.3 is 14.8 Å². The van der Waals surface area contributed by atoms with E-state index in [0.717, 1.165) is 0 Å². The molecule has 1 aromatic carbocycles. The summed E-state index contributed by atoms with van der Waals surface area (Å²) in [5.74, 6) is -0.277. The van der Waals surface area contributed by atoms with Crippen LogP contribution in [0.1, 0.15) is 30.8 Å². The number of fused-ring (bicyclic) bond motifs is 1. The van der Waals surface area contributed by atoms with Gasteiger partial charge in [0.2, 0.25) is 0 Å². The Labute approximate surface area is 122 Å². The largest absolute Gasteiger partial charge is 0.451 e. The van der Waals surface area contributed by atoms with Crippen LogP contribution >= 0.6 is 0 Å². The number of carbonyl (C=O) groups is 1. The van der Waals surface area contributed by atoms with Crippen LogP contribution in [-0.2, 0) is 0 Å². The number of nitrogens with one attached hydrogen (secondary N) is 1. The van der Waals surface area contributed by atoms with Gasteiger partial charge in [-0.3, -0.25) is 9.59 Å². The molecule has 0 bridgehead atoms. The third-order valence-corrected chi connectivity index (χ3v) is 3.42. The zero-order valence-corrected chi connectivity index (χ0v) is 12.1. The van der Waals surface area contributed by atoms with Gasteiger partial charge in [0.1, 0.15) is 5.58 Å². The average molecular weight is 289 g/mol. The maximum atomic E-state index is 12.2. The van der Waals surface area contributed by atoms with Crippen LogP contribution in [0.15, 0.2) is 39.5 Å². The highest BCUT2D eigenvalue weighted by Gasteiger charge is 2.19. The molecule has 0 radical (unpaired) electrons. The van der Waals surface area contributed by atoms with Gasteiger partial charge in [-0.1, -0.05) is 26.0 Å². The fraction of sp³-hybridized carbons (Fsp3) is 0.375. The number of rotatable bonds is 5. The van der Waals surface area contributed by atoms with Gasteiger partial charge in [-0.15, -0.1) is 0 Å². The van der Waals surface area contributed by atoms with Crippen molar-refractivity contribution in [1.82, 2.24) is 5.32 Å². The van der Waals surface area contributed by atoms with Crippen LogP contribution in [0.4, 0.5) is 0 Å². The van der Waals surface area contributed by atoms with Crippen LogP contribution < -0.4 is 10.7 Å². The number of carbonyl (C=O) groups excluding carboxylic acids is 1. The first-order valence-corrected chi connectivity index (χ1v) is 6.97. The lowest BCUT2D eigenvalue weighted by atomic mass is 10.0. The van der Waals surface area contributed by atoms with Crippen molar-refractivity contribution in [3.63, 3.8) is 0 Å². The van der Waals surface area contributed by atoms with Crippen molar-refractivity contribution in [3.05, 3.63) is 46.3 Å². The molecule has 112 valence electrons. The van der Waals surface area contributed by atoms with Crippen LogP contribution in [-0.4, -0.2) is 23.7 Å². The quantitative estimate of drug-likeness (QED) is 0.881. The topological polar surface area (TPSA) is 79.5 Å². The molecule has 0 fully saturated rings. The Kier molecular flexibility index (Phi) is 4.75. The van der Waals surface area contributed by atoms with E-state index in [1.165, 1.54) is 6.07 Å². The monoisotopic (exact) mass is 289 g/mol. The molecule has 1 heterocycles. The van der Waals surface area contributed by atoms with Gasteiger partial charge in [0.25, 0.3) is 5.91 Å². The number of amides is 1. The molecule has 5 heteroatoms. The highest BCUT2D eigenvalue weighted by molar-refractivity contribution is 5.93. The summed E-state index contributed by atoms with van der Waals surface area (Å²) < 4.78 is 5.49. The molecule has 21 heavy (non-hydrogen) atoms. The summed E-state index contributed by atoms with van der Waals surface area (Å²) in [6.07, 6.45) is 0.460. The summed E-state index contributed by atoms with van der Waals surface area (Å²) in [5, 5.41) is 12.3. The number of hydrogen-bond acceptors (Lipinski definition) is 4. The van der Waals surface area contributed by atoms with E-state index in [4.69, 9.17) is 9.52 Å². The molecule has 1 atom stereocenters. The second-order valence-corrected chi connectivity index (χ2v) is 5.31. The summed E-state index contributed by atoms with van der Waals surface area (Å²) in [6.45, 7) is 3.90. The molecule has 0 aliphatic heterocycles. The second-order valence-electron chi connectivity index (χ2n) is 5.31. The Hall–Kier alpha value is -2.14. The molecule has 1 unspecified atom stereocenters.